The lowest BCUT2D eigenvalue weighted by molar-refractivity contribution is 0.0998. The first-order valence-corrected chi connectivity index (χ1v) is 4.50. The fraction of sp³-hybridized carbons (Fsp3) is 0.300. The molecule has 0 bridgehead atoms. The number of hydrogen-bond acceptors (Lipinski definition) is 3. The SMILES string of the molecule is NC(=O)c1cccc(F)c1CC(N)CO. The van der Waals surface area contributed by atoms with Gasteiger partial charge in [0, 0.05) is 17.2 Å². The van der Waals surface area contributed by atoms with Crippen LogP contribution in [0.5, 0.6) is 0 Å². The Labute approximate surface area is 86.7 Å². The third-order valence-electron chi connectivity index (χ3n) is 2.09. The van der Waals surface area contributed by atoms with Crippen LogP contribution in [0, 0.1) is 5.82 Å². The number of carbonyl (C=O) groups is 1. The summed E-state index contributed by atoms with van der Waals surface area (Å²) in [6.07, 6.45) is 0.0848. The highest BCUT2D eigenvalue weighted by Gasteiger charge is 2.15. The zero-order valence-corrected chi connectivity index (χ0v) is 8.11. The van der Waals surface area contributed by atoms with Crippen LogP contribution in [0.2, 0.25) is 0 Å². The average molecular weight is 212 g/mol. The number of hydrogen-bond donors (Lipinski definition) is 3. The van der Waals surface area contributed by atoms with Gasteiger partial charge in [0.25, 0.3) is 0 Å². The van der Waals surface area contributed by atoms with Gasteiger partial charge in [0.05, 0.1) is 6.61 Å². The fourth-order valence-electron chi connectivity index (χ4n) is 1.32. The lowest BCUT2D eigenvalue weighted by Gasteiger charge is -2.11. The van der Waals surface area contributed by atoms with Crippen molar-refractivity contribution in [2.75, 3.05) is 6.61 Å². The van der Waals surface area contributed by atoms with Gasteiger partial charge >= 0.3 is 0 Å². The zero-order valence-electron chi connectivity index (χ0n) is 8.11. The molecule has 0 aliphatic rings. The van der Waals surface area contributed by atoms with Gasteiger partial charge in [0.15, 0.2) is 0 Å². The highest BCUT2D eigenvalue weighted by Crippen LogP contribution is 2.14. The Hall–Kier alpha value is -1.46. The number of aliphatic hydroxyl groups excluding tert-OH is 1. The van der Waals surface area contributed by atoms with Crippen LogP contribution in [0.1, 0.15) is 15.9 Å². The zero-order chi connectivity index (χ0) is 11.4. The van der Waals surface area contributed by atoms with Gasteiger partial charge in [-0.2, -0.15) is 0 Å². The number of amides is 1. The van der Waals surface area contributed by atoms with Crippen molar-refractivity contribution in [2.24, 2.45) is 11.5 Å². The van der Waals surface area contributed by atoms with E-state index < -0.39 is 17.8 Å². The van der Waals surface area contributed by atoms with Gasteiger partial charge in [-0.25, -0.2) is 4.39 Å². The molecule has 1 aromatic rings. The van der Waals surface area contributed by atoms with E-state index in [0.29, 0.717) is 0 Å². The quantitative estimate of drug-likeness (QED) is 0.645. The summed E-state index contributed by atoms with van der Waals surface area (Å²) in [5.41, 5.74) is 10.8. The van der Waals surface area contributed by atoms with E-state index in [4.69, 9.17) is 16.6 Å². The minimum atomic E-state index is -0.699. The number of benzene rings is 1. The normalized spacial score (nSPS) is 12.5. The molecule has 0 heterocycles. The monoisotopic (exact) mass is 212 g/mol. The average Bonchev–Trinajstić information content (AvgIpc) is 2.20. The van der Waals surface area contributed by atoms with Crippen molar-refractivity contribution in [3.05, 3.63) is 35.1 Å². The summed E-state index contributed by atoms with van der Waals surface area (Å²) in [4.78, 5) is 11.0. The Morgan fingerprint density at radius 2 is 2.20 bits per heavy atom. The first-order valence-electron chi connectivity index (χ1n) is 4.50. The van der Waals surface area contributed by atoms with Crippen molar-refractivity contribution in [3.8, 4) is 0 Å². The number of carbonyl (C=O) groups excluding carboxylic acids is 1. The molecular formula is C10H13FN2O2. The maximum absolute atomic E-state index is 13.4. The second-order valence-corrected chi connectivity index (χ2v) is 3.28. The second-order valence-electron chi connectivity index (χ2n) is 3.28. The third-order valence-corrected chi connectivity index (χ3v) is 2.09. The lowest BCUT2D eigenvalue weighted by Crippen LogP contribution is -2.29. The largest absolute Gasteiger partial charge is 0.395 e. The van der Waals surface area contributed by atoms with Crippen LogP contribution in [0.15, 0.2) is 18.2 Å². The van der Waals surface area contributed by atoms with E-state index in [-0.39, 0.29) is 24.2 Å². The molecule has 15 heavy (non-hydrogen) atoms. The molecule has 1 rings (SSSR count). The van der Waals surface area contributed by atoms with Crippen LogP contribution in [0.3, 0.4) is 0 Å². The molecule has 5 N–H and O–H groups in total. The van der Waals surface area contributed by atoms with Crippen LogP contribution < -0.4 is 11.5 Å². The van der Waals surface area contributed by atoms with Crippen molar-refractivity contribution in [3.63, 3.8) is 0 Å². The minimum Gasteiger partial charge on any atom is -0.395 e. The van der Waals surface area contributed by atoms with E-state index in [9.17, 15) is 9.18 Å². The summed E-state index contributed by atoms with van der Waals surface area (Å²) in [5, 5.41) is 8.75. The van der Waals surface area contributed by atoms with Crippen LogP contribution in [0.4, 0.5) is 4.39 Å². The van der Waals surface area contributed by atoms with Gasteiger partial charge in [0.2, 0.25) is 5.91 Å². The molecule has 0 aliphatic carbocycles. The lowest BCUT2D eigenvalue weighted by atomic mass is 10.00. The van der Waals surface area contributed by atoms with Crippen molar-refractivity contribution >= 4 is 5.91 Å². The van der Waals surface area contributed by atoms with Crippen molar-refractivity contribution in [1.29, 1.82) is 0 Å². The Morgan fingerprint density at radius 3 is 2.73 bits per heavy atom. The molecule has 0 saturated heterocycles. The molecule has 82 valence electrons. The summed E-state index contributed by atoms with van der Waals surface area (Å²) in [6.45, 7) is -0.271. The van der Waals surface area contributed by atoms with Crippen LogP contribution >= 0.6 is 0 Å². The summed E-state index contributed by atoms with van der Waals surface area (Å²) in [6, 6.07) is 3.47. The van der Waals surface area contributed by atoms with Gasteiger partial charge in [-0.1, -0.05) is 6.07 Å². The van der Waals surface area contributed by atoms with E-state index in [2.05, 4.69) is 0 Å². The summed E-state index contributed by atoms with van der Waals surface area (Å²) in [5.74, 6) is -1.23. The van der Waals surface area contributed by atoms with Crippen LogP contribution in [-0.2, 0) is 6.42 Å². The van der Waals surface area contributed by atoms with Gasteiger partial charge in [-0.15, -0.1) is 0 Å². The van der Waals surface area contributed by atoms with Crippen LogP contribution in [0.25, 0.3) is 0 Å². The van der Waals surface area contributed by atoms with Gasteiger partial charge < -0.3 is 16.6 Å². The number of halogens is 1. The van der Waals surface area contributed by atoms with Crippen LogP contribution in [-0.4, -0.2) is 23.7 Å². The number of nitrogens with two attached hydrogens (primary N) is 2. The first kappa shape index (κ1) is 11.6. The van der Waals surface area contributed by atoms with Crippen molar-refractivity contribution in [1.82, 2.24) is 0 Å². The Balaban J connectivity index is 3.07. The maximum Gasteiger partial charge on any atom is 0.249 e. The molecule has 1 amide bonds. The summed E-state index contributed by atoms with van der Waals surface area (Å²) in [7, 11) is 0. The molecule has 0 aromatic heterocycles. The van der Waals surface area contributed by atoms with Gasteiger partial charge in [-0.05, 0) is 18.6 Å². The molecule has 0 fully saturated rings. The van der Waals surface area contributed by atoms with E-state index in [1.807, 2.05) is 0 Å². The molecule has 0 spiro atoms. The smallest absolute Gasteiger partial charge is 0.249 e. The molecule has 4 nitrogen and oxygen atoms in total. The van der Waals surface area contributed by atoms with Gasteiger partial charge in [0.1, 0.15) is 5.82 Å². The molecule has 1 atom stereocenters. The number of aliphatic hydroxyl groups is 1. The molecule has 5 heteroatoms. The summed E-state index contributed by atoms with van der Waals surface area (Å²) >= 11 is 0. The Kier molecular flexibility index (Phi) is 3.76. The Morgan fingerprint density at radius 1 is 1.53 bits per heavy atom. The molecular weight excluding hydrogens is 199 g/mol. The molecule has 0 saturated carbocycles. The summed E-state index contributed by atoms with van der Waals surface area (Å²) < 4.78 is 13.4. The van der Waals surface area contributed by atoms with Gasteiger partial charge in [-0.3, -0.25) is 4.79 Å². The second kappa shape index (κ2) is 4.86. The molecule has 1 aromatic carbocycles. The topological polar surface area (TPSA) is 89.3 Å². The predicted molar refractivity (Wildman–Crippen MR) is 53.7 cm³/mol. The highest BCUT2D eigenvalue weighted by molar-refractivity contribution is 5.94. The maximum atomic E-state index is 13.4. The third kappa shape index (κ3) is 2.74. The van der Waals surface area contributed by atoms with E-state index >= 15 is 0 Å². The fourth-order valence-corrected chi connectivity index (χ4v) is 1.32. The van der Waals surface area contributed by atoms with E-state index in [1.165, 1.54) is 18.2 Å². The minimum absolute atomic E-state index is 0.0848. The van der Waals surface area contributed by atoms with Crippen molar-refractivity contribution < 1.29 is 14.3 Å². The standard InChI is InChI=1S/C10H13FN2O2/c11-9-3-1-2-7(10(13)15)8(9)4-6(12)5-14/h1-3,6,14H,4-5,12H2,(H2,13,15). The number of rotatable bonds is 4. The first-order chi connectivity index (χ1) is 7.06. The predicted octanol–water partition coefficient (Wildman–Crippen LogP) is -0.213. The molecule has 1 unspecified atom stereocenters. The Bertz CT molecular complexity index is 368. The molecule has 0 radical (unpaired) electrons. The molecule has 0 aliphatic heterocycles. The van der Waals surface area contributed by atoms with E-state index in [1.54, 1.807) is 0 Å². The van der Waals surface area contributed by atoms with E-state index in [0.717, 1.165) is 0 Å². The van der Waals surface area contributed by atoms with Crippen molar-refractivity contribution in [2.45, 2.75) is 12.5 Å². The highest BCUT2D eigenvalue weighted by atomic mass is 19.1. The number of primary amides is 1.